The molecule has 0 bridgehead atoms. The van der Waals surface area contributed by atoms with Crippen LogP contribution in [-0.4, -0.2) is 30.4 Å². The standard InChI is InChI=1S/C9H11N3O3/c1-10-8(14)5-12-9(15)6-2-3-11-7(13)4-6/h2-4H,5H2,1H3,(H,10,14)(H,11,13)(H,12,15). The number of pyridine rings is 1. The van der Waals surface area contributed by atoms with Crippen molar-refractivity contribution in [2.75, 3.05) is 13.6 Å². The van der Waals surface area contributed by atoms with E-state index in [4.69, 9.17) is 0 Å². The second-order valence-corrected chi connectivity index (χ2v) is 2.80. The van der Waals surface area contributed by atoms with Crippen LogP contribution in [-0.2, 0) is 4.79 Å². The van der Waals surface area contributed by atoms with E-state index in [2.05, 4.69) is 15.6 Å². The number of hydrogen-bond donors (Lipinski definition) is 3. The van der Waals surface area contributed by atoms with E-state index in [1.807, 2.05) is 0 Å². The molecule has 1 rings (SSSR count). The highest BCUT2D eigenvalue weighted by Gasteiger charge is 2.06. The first-order valence-corrected chi connectivity index (χ1v) is 4.31. The minimum absolute atomic E-state index is 0.109. The Kier molecular flexibility index (Phi) is 3.61. The lowest BCUT2D eigenvalue weighted by molar-refractivity contribution is -0.119. The second kappa shape index (κ2) is 4.94. The number of H-pyrrole nitrogens is 1. The molecule has 6 heteroatoms. The zero-order valence-corrected chi connectivity index (χ0v) is 8.16. The molecule has 0 fully saturated rings. The Morgan fingerprint density at radius 3 is 2.80 bits per heavy atom. The molecule has 2 amide bonds. The summed E-state index contributed by atoms with van der Waals surface area (Å²) in [7, 11) is 1.47. The number of carbonyl (C=O) groups is 2. The number of aromatic nitrogens is 1. The lowest BCUT2D eigenvalue weighted by Crippen LogP contribution is -2.35. The highest BCUT2D eigenvalue weighted by molar-refractivity contribution is 5.96. The molecule has 6 nitrogen and oxygen atoms in total. The van der Waals surface area contributed by atoms with E-state index in [0.29, 0.717) is 0 Å². The summed E-state index contributed by atoms with van der Waals surface area (Å²) >= 11 is 0. The Morgan fingerprint density at radius 2 is 2.20 bits per heavy atom. The first kappa shape index (κ1) is 11.0. The molecule has 0 aliphatic heterocycles. The first-order chi connectivity index (χ1) is 7.13. The van der Waals surface area contributed by atoms with Gasteiger partial charge in [0.2, 0.25) is 11.5 Å². The maximum absolute atomic E-state index is 11.4. The third kappa shape index (κ3) is 3.26. The van der Waals surface area contributed by atoms with Crippen molar-refractivity contribution >= 4 is 11.8 Å². The van der Waals surface area contributed by atoms with E-state index in [0.717, 1.165) is 0 Å². The molecule has 1 aromatic heterocycles. The molecule has 15 heavy (non-hydrogen) atoms. The van der Waals surface area contributed by atoms with E-state index >= 15 is 0 Å². The molecule has 0 saturated heterocycles. The zero-order chi connectivity index (χ0) is 11.3. The molecule has 80 valence electrons. The molecular formula is C9H11N3O3. The van der Waals surface area contributed by atoms with Gasteiger partial charge in [0.15, 0.2) is 0 Å². The van der Waals surface area contributed by atoms with Gasteiger partial charge in [-0.15, -0.1) is 0 Å². The van der Waals surface area contributed by atoms with Crippen LogP contribution in [0.4, 0.5) is 0 Å². The molecular weight excluding hydrogens is 198 g/mol. The van der Waals surface area contributed by atoms with Crippen LogP contribution >= 0.6 is 0 Å². The van der Waals surface area contributed by atoms with Crippen molar-refractivity contribution in [1.82, 2.24) is 15.6 Å². The summed E-state index contributed by atoms with van der Waals surface area (Å²) in [6.45, 7) is -0.109. The summed E-state index contributed by atoms with van der Waals surface area (Å²) in [5, 5.41) is 4.73. The van der Waals surface area contributed by atoms with Crippen molar-refractivity contribution in [1.29, 1.82) is 0 Å². The average Bonchev–Trinajstić information content (AvgIpc) is 2.25. The molecule has 0 aliphatic rings. The van der Waals surface area contributed by atoms with Crippen LogP contribution in [0.2, 0.25) is 0 Å². The number of nitrogens with one attached hydrogen (secondary N) is 3. The predicted octanol–water partition coefficient (Wildman–Crippen LogP) is -1.15. The maximum atomic E-state index is 11.4. The van der Waals surface area contributed by atoms with Crippen LogP contribution in [0.1, 0.15) is 10.4 Å². The van der Waals surface area contributed by atoms with Crippen molar-refractivity contribution in [2.45, 2.75) is 0 Å². The van der Waals surface area contributed by atoms with Crippen LogP contribution in [0.15, 0.2) is 23.1 Å². The van der Waals surface area contributed by atoms with Crippen molar-refractivity contribution in [3.05, 3.63) is 34.2 Å². The van der Waals surface area contributed by atoms with Crippen LogP contribution in [0, 0.1) is 0 Å². The SMILES string of the molecule is CNC(=O)CNC(=O)c1cc[nH]c(=O)c1. The van der Waals surface area contributed by atoms with Gasteiger partial charge >= 0.3 is 0 Å². The van der Waals surface area contributed by atoms with Gasteiger partial charge in [-0.05, 0) is 6.07 Å². The fourth-order valence-electron chi connectivity index (χ4n) is 0.937. The summed E-state index contributed by atoms with van der Waals surface area (Å²) in [5.41, 5.74) is -0.134. The van der Waals surface area contributed by atoms with Gasteiger partial charge in [-0.25, -0.2) is 0 Å². The number of aromatic amines is 1. The van der Waals surface area contributed by atoms with Crippen molar-refractivity contribution < 1.29 is 9.59 Å². The number of hydrogen-bond acceptors (Lipinski definition) is 3. The number of likely N-dealkylation sites (N-methyl/N-ethyl adjacent to an activating group) is 1. The quantitative estimate of drug-likeness (QED) is 0.587. The van der Waals surface area contributed by atoms with Crippen molar-refractivity contribution in [3.8, 4) is 0 Å². The van der Waals surface area contributed by atoms with Gasteiger partial charge < -0.3 is 15.6 Å². The zero-order valence-electron chi connectivity index (χ0n) is 8.16. The summed E-state index contributed by atoms with van der Waals surface area (Å²) in [5.74, 6) is -0.752. The first-order valence-electron chi connectivity index (χ1n) is 4.31. The fraction of sp³-hybridized carbons (Fsp3) is 0.222. The predicted molar refractivity (Wildman–Crippen MR) is 53.5 cm³/mol. The molecule has 1 aromatic rings. The Bertz CT molecular complexity index is 425. The highest BCUT2D eigenvalue weighted by atomic mass is 16.2. The molecule has 0 unspecified atom stereocenters. The minimum Gasteiger partial charge on any atom is -0.358 e. The lowest BCUT2D eigenvalue weighted by Gasteiger charge is -2.03. The van der Waals surface area contributed by atoms with Gasteiger partial charge in [0.1, 0.15) is 0 Å². The molecule has 0 saturated carbocycles. The molecule has 0 aliphatic carbocycles. The Morgan fingerprint density at radius 1 is 1.47 bits per heavy atom. The summed E-state index contributed by atoms with van der Waals surface area (Å²) in [6.07, 6.45) is 1.37. The second-order valence-electron chi connectivity index (χ2n) is 2.80. The van der Waals surface area contributed by atoms with E-state index in [-0.39, 0.29) is 23.6 Å². The average molecular weight is 209 g/mol. The van der Waals surface area contributed by atoms with E-state index in [9.17, 15) is 14.4 Å². The number of amides is 2. The van der Waals surface area contributed by atoms with Crippen LogP contribution in [0.5, 0.6) is 0 Å². The third-order valence-electron chi connectivity index (χ3n) is 1.73. The smallest absolute Gasteiger partial charge is 0.251 e. The molecule has 0 atom stereocenters. The van der Waals surface area contributed by atoms with Gasteiger partial charge in [-0.3, -0.25) is 14.4 Å². The van der Waals surface area contributed by atoms with Crippen LogP contribution in [0.25, 0.3) is 0 Å². The van der Waals surface area contributed by atoms with Gasteiger partial charge in [0.25, 0.3) is 5.91 Å². The van der Waals surface area contributed by atoms with Gasteiger partial charge in [0, 0.05) is 24.9 Å². The van der Waals surface area contributed by atoms with E-state index in [1.165, 1.54) is 25.4 Å². The molecule has 1 heterocycles. The summed E-state index contributed by atoms with van der Waals surface area (Å²) in [6, 6.07) is 2.62. The number of carbonyl (C=O) groups excluding carboxylic acids is 2. The van der Waals surface area contributed by atoms with Crippen LogP contribution < -0.4 is 16.2 Å². The van der Waals surface area contributed by atoms with Crippen LogP contribution in [0.3, 0.4) is 0 Å². The van der Waals surface area contributed by atoms with E-state index < -0.39 is 5.91 Å². The Labute approximate surface area is 85.7 Å². The Balaban J connectivity index is 2.62. The minimum atomic E-state index is -0.454. The molecule has 0 radical (unpaired) electrons. The fourth-order valence-corrected chi connectivity index (χ4v) is 0.937. The molecule has 3 N–H and O–H groups in total. The number of rotatable bonds is 3. The van der Waals surface area contributed by atoms with Gasteiger partial charge in [-0.2, -0.15) is 0 Å². The normalized spacial score (nSPS) is 9.40. The molecule has 0 aromatic carbocycles. The van der Waals surface area contributed by atoms with Crippen molar-refractivity contribution in [2.24, 2.45) is 0 Å². The Hall–Kier alpha value is -2.11. The topological polar surface area (TPSA) is 91.1 Å². The largest absolute Gasteiger partial charge is 0.358 e. The van der Waals surface area contributed by atoms with Crippen molar-refractivity contribution in [3.63, 3.8) is 0 Å². The molecule has 0 spiro atoms. The van der Waals surface area contributed by atoms with E-state index in [1.54, 1.807) is 0 Å². The monoisotopic (exact) mass is 209 g/mol. The summed E-state index contributed by atoms with van der Waals surface area (Å²) in [4.78, 5) is 35.5. The lowest BCUT2D eigenvalue weighted by atomic mass is 10.2. The highest BCUT2D eigenvalue weighted by Crippen LogP contribution is 1.91. The van der Waals surface area contributed by atoms with Gasteiger partial charge in [-0.1, -0.05) is 0 Å². The summed E-state index contributed by atoms with van der Waals surface area (Å²) < 4.78 is 0. The van der Waals surface area contributed by atoms with Gasteiger partial charge in [0.05, 0.1) is 6.54 Å². The third-order valence-corrected chi connectivity index (χ3v) is 1.73. The maximum Gasteiger partial charge on any atom is 0.251 e.